The van der Waals surface area contributed by atoms with Gasteiger partial charge in [-0.15, -0.1) is 21.6 Å². The third-order valence-corrected chi connectivity index (χ3v) is 2.51. The van der Waals surface area contributed by atoms with Gasteiger partial charge in [0.15, 0.2) is 5.82 Å². The Morgan fingerprint density at radius 2 is 2.15 bits per heavy atom. The zero-order chi connectivity index (χ0) is 14.4. The minimum atomic E-state index is 0.251. The number of benzene rings is 1. The molecule has 0 radical (unpaired) electrons. The van der Waals surface area contributed by atoms with Crippen LogP contribution in [-0.2, 0) is 0 Å². The van der Waals surface area contributed by atoms with Crippen LogP contribution in [0.2, 0.25) is 0 Å². The van der Waals surface area contributed by atoms with E-state index in [4.69, 9.17) is 10.00 Å². The number of hydrogen-bond donors (Lipinski definition) is 1. The molecule has 6 nitrogen and oxygen atoms in total. The molecular formula is C14H15N5O. The molecular weight excluding hydrogens is 254 g/mol. The molecule has 0 fully saturated rings. The minimum Gasteiger partial charge on any atom is -0.494 e. The Morgan fingerprint density at radius 3 is 2.75 bits per heavy atom. The summed E-state index contributed by atoms with van der Waals surface area (Å²) in [5.74, 6) is 1.23. The molecule has 0 aliphatic carbocycles. The molecule has 0 spiro atoms. The molecule has 1 heterocycles. The Kier molecular flexibility index (Phi) is 4.35. The normalized spacial score (nSPS) is 9.80. The molecule has 0 atom stereocenters. The summed E-state index contributed by atoms with van der Waals surface area (Å²) < 4.78 is 5.37. The third kappa shape index (κ3) is 2.95. The first-order valence-corrected chi connectivity index (χ1v) is 6.24. The second-order valence-corrected chi connectivity index (χ2v) is 3.89. The monoisotopic (exact) mass is 269 g/mol. The predicted octanol–water partition coefficient (Wildman–Crippen LogP) is 2.14. The molecule has 20 heavy (non-hydrogen) atoms. The maximum absolute atomic E-state index is 9.04. The van der Waals surface area contributed by atoms with Crippen LogP contribution in [0.3, 0.4) is 0 Å². The Morgan fingerprint density at radius 1 is 1.40 bits per heavy atom. The lowest BCUT2D eigenvalue weighted by Crippen LogP contribution is -2.02. The number of nitrogens with one attached hydrogen (secondary N) is 1. The fourth-order valence-electron chi connectivity index (χ4n) is 1.63. The fourth-order valence-corrected chi connectivity index (χ4v) is 1.63. The molecule has 0 unspecified atom stereocenters. The van der Waals surface area contributed by atoms with Crippen molar-refractivity contribution < 1.29 is 4.74 Å². The molecule has 1 aromatic heterocycles. The summed E-state index contributed by atoms with van der Waals surface area (Å²) >= 11 is 0. The largest absolute Gasteiger partial charge is 0.494 e. The maximum atomic E-state index is 9.04. The van der Waals surface area contributed by atoms with E-state index < -0.39 is 0 Å². The van der Waals surface area contributed by atoms with Gasteiger partial charge in [0, 0.05) is 6.54 Å². The van der Waals surface area contributed by atoms with Gasteiger partial charge in [-0.05, 0) is 31.2 Å². The third-order valence-electron chi connectivity index (χ3n) is 2.51. The van der Waals surface area contributed by atoms with Gasteiger partial charge in [-0.3, -0.25) is 0 Å². The van der Waals surface area contributed by atoms with Crippen LogP contribution >= 0.6 is 0 Å². The van der Waals surface area contributed by atoms with Crippen molar-refractivity contribution in [1.29, 1.82) is 5.26 Å². The van der Waals surface area contributed by atoms with Crippen molar-refractivity contribution >= 4 is 5.82 Å². The standard InChI is InChI=1S/C14H15N5O/c1-3-9-16-14-13(10-15)17-19(18-14)11-5-7-12(8-6-11)20-4-2/h3,5-8H,1,4,9H2,2H3,(H,16,18). The zero-order valence-corrected chi connectivity index (χ0v) is 11.2. The number of nitrogens with zero attached hydrogens (tertiary/aromatic N) is 4. The van der Waals surface area contributed by atoms with Crippen molar-refractivity contribution in [2.45, 2.75) is 6.92 Å². The average molecular weight is 269 g/mol. The Balaban J connectivity index is 2.26. The molecule has 0 bridgehead atoms. The maximum Gasteiger partial charge on any atom is 0.207 e. The van der Waals surface area contributed by atoms with Crippen molar-refractivity contribution in [1.82, 2.24) is 15.0 Å². The van der Waals surface area contributed by atoms with Gasteiger partial charge in [-0.1, -0.05) is 6.08 Å². The Hall–Kier alpha value is -2.81. The molecule has 0 saturated heterocycles. The van der Waals surface area contributed by atoms with Gasteiger partial charge in [-0.2, -0.15) is 5.26 Å². The van der Waals surface area contributed by atoms with Crippen LogP contribution in [0.25, 0.3) is 5.69 Å². The number of nitriles is 1. The second-order valence-electron chi connectivity index (χ2n) is 3.89. The van der Waals surface area contributed by atoms with Crippen LogP contribution in [0.15, 0.2) is 36.9 Å². The second kappa shape index (κ2) is 6.38. The van der Waals surface area contributed by atoms with Crippen molar-refractivity contribution in [2.24, 2.45) is 0 Å². The number of hydrogen-bond acceptors (Lipinski definition) is 5. The lowest BCUT2D eigenvalue weighted by Gasteiger charge is -2.03. The van der Waals surface area contributed by atoms with Crippen LogP contribution < -0.4 is 10.1 Å². The molecule has 102 valence electrons. The SMILES string of the molecule is C=CCNc1nn(-c2ccc(OCC)cc2)nc1C#N. The molecule has 6 heteroatoms. The molecule has 2 rings (SSSR count). The summed E-state index contributed by atoms with van der Waals surface area (Å²) in [5.41, 5.74) is 1.01. The van der Waals surface area contributed by atoms with Crippen LogP contribution in [0.1, 0.15) is 12.6 Å². The predicted molar refractivity (Wildman–Crippen MR) is 75.9 cm³/mol. The minimum absolute atomic E-state index is 0.251. The molecule has 0 aliphatic heterocycles. The first-order chi connectivity index (χ1) is 9.78. The van der Waals surface area contributed by atoms with Crippen molar-refractivity contribution in [2.75, 3.05) is 18.5 Å². The lowest BCUT2D eigenvalue weighted by molar-refractivity contribution is 0.340. The number of aromatic nitrogens is 3. The summed E-state index contributed by atoms with van der Waals surface area (Å²) in [6.07, 6.45) is 1.69. The van der Waals surface area contributed by atoms with E-state index in [1.54, 1.807) is 6.08 Å². The summed E-state index contributed by atoms with van der Waals surface area (Å²) in [5, 5.41) is 20.4. The molecule has 1 N–H and O–H groups in total. The topological polar surface area (TPSA) is 75.8 Å². The van der Waals surface area contributed by atoms with Crippen molar-refractivity contribution in [3.8, 4) is 17.5 Å². The highest BCUT2D eigenvalue weighted by Gasteiger charge is 2.10. The van der Waals surface area contributed by atoms with Crippen molar-refractivity contribution in [3.63, 3.8) is 0 Å². The van der Waals surface area contributed by atoms with E-state index in [1.807, 2.05) is 37.3 Å². The van der Waals surface area contributed by atoms with E-state index in [0.717, 1.165) is 11.4 Å². The molecule has 0 amide bonds. The van der Waals surface area contributed by atoms with Crippen LogP contribution in [-0.4, -0.2) is 28.1 Å². The summed E-state index contributed by atoms with van der Waals surface area (Å²) in [4.78, 5) is 1.42. The van der Waals surface area contributed by atoms with Gasteiger partial charge in [0.2, 0.25) is 5.69 Å². The fraction of sp³-hybridized carbons (Fsp3) is 0.214. The number of ether oxygens (including phenoxy) is 1. The van der Waals surface area contributed by atoms with Crippen molar-refractivity contribution in [3.05, 3.63) is 42.6 Å². The van der Waals surface area contributed by atoms with Gasteiger partial charge in [0.05, 0.1) is 12.3 Å². The van der Waals surface area contributed by atoms with E-state index in [9.17, 15) is 0 Å². The summed E-state index contributed by atoms with van der Waals surface area (Å²) in [6.45, 7) is 6.68. The highest BCUT2D eigenvalue weighted by molar-refractivity contribution is 5.48. The van der Waals surface area contributed by atoms with Crippen LogP contribution in [0.5, 0.6) is 5.75 Å². The average Bonchev–Trinajstić information content (AvgIpc) is 2.89. The van der Waals surface area contributed by atoms with Gasteiger partial charge >= 0.3 is 0 Å². The summed E-state index contributed by atoms with van der Waals surface area (Å²) in [7, 11) is 0. The summed E-state index contributed by atoms with van der Waals surface area (Å²) in [6, 6.07) is 9.36. The van der Waals surface area contributed by atoms with Gasteiger partial charge in [0.25, 0.3) is 0 Å². The van der Waals surface area contributed by atoms with Gasteiger partial charge in [0.1, 0.15) is 11.8 Å². The van der Waals surface area contributed by atoms with E-state index in [0.29, 0.717) is 19.0 Å². The molecule has 2 aromatic rings. The van der Waals surface area contributed by atoms with E-state index in [1.165, 1.54) is 4.80 Å². The quantitative estimate of drug-likeness (QED) is 0.813. The highest BCUT2D eigenvalue weighted by Crippen LogP contribution is 2.16. The molecule has 0 saturated carbocycles. The first-order valence-electron chi connectivity index (χ1n) is 6.24. The lowest BCUT2D eigenvalue weighted by atomic mass is 10.3. The van der Waals surface area contributed by atoms with E-state index in [2.05, 4.69) is 22.1 Å². The van der Waals surface area contributed by atoms with Gasteiger partial charge < -0.3 is 10.1 Å². The first kappa shape index (κ1) is 13.6. The van der Waals surface area contributed by atoms with Gasteiger partial charge in [-0.25, -0.2) is 0 Å². The van der Waals surface area contributed by atoms with E-state index in [-0.39, 0.29) is 5.69 Å². The molecule has 1 aromatic carbocycles. The van der Waals surface area contributed by atoms with E-state index >= 15 is 0 Å². The number of rotatable bonds is 6. The zero-order valence-electron chi connectivity index (χ0n) is 11.2. The Bertz CT molecular complexity index is 624. The van der Waals surface area contributed by atoms with Crippen LogP contribution in [0, 0.1) is 11.3 Å². The van der Waals surface area contributed by atoms with Crippen LogP contribution in [0.4, 0.5) is 5.82 Å². The number of anilines is 1. The smallest absolute Gasteiger partial charge is 0.207 e. The molecule has 0 aliphatic rings. The highest BCUT2D eigenvalue weighted by atomic mass is 16.5. The Labute approximate surface area is 117 Å².